The molecule has 1 fully saturated rings. The smallest absolute Gasteiger partial charge is 0.243 e. The first kappa shape index (κ1) is 21.0. The second-order valence-corrected chi connectivity index (χ2v) is 8.13. The van der Waals surface area contributed by atoms with Gasteiger partial charge in [-0.1, -0.05) is 26.0 Å². The number of halogens is 2. The van der Waals surface area contributed by atoms with Crippen LogP contribution in [0, 0.1) is 17.6 Å². The molecule has 2 aromatic carbocycles. The minimum Gasteiger partial charge on any atom is -0.350 e. The number of anilines is 1. The van der Waals surface area contributed by atoms with Crippen LogP contribution in [-0.4, -0.2) is 27.9 Å². The molecule has 0 aliphatic carbocycles. The molecule has 31 heavy (non-hydrogen) atoms. The molecule has 162 valence electrons. The molecule has 0 saturated carbocycles. The summed E-state index contributed by atoms with van der Waals surface area (Å²) in [4.78, 5) is 30.9. The number of imidazole rings is 1. The van der Waals surface area contributed by atoms with Crippen molar-refractivity contribution in [2.45, 2.75) is 39.3 Å². The zero-order valence-electron chi connectivity index (χ0n) is 17.4. The zero-order valence-corrected chi connectivity index (χ0v) is 17.4. The molecule has 1 N–H and O–H groups in total. The monoisotopic (exact) mass is 426 g/mol. The number of rotatable bonds is 6. The van der Waals surface area contributed by atoms with Gasteiger partial charge in [0, 0.05) is 37.3 Å². The van der Waals surface area contributed by atoms with Crippen LogP contribution in [-0.2, 0) is 16.1 Å². The van der Waals surface area contributed by atoms with Crippen LogP contribution < -0.4 is 10.2 Å². The molecular formula is C23H24F2N4O2. The second kappa shape index (κ2) is 8.45. The van der Waals surface area contributed by atoms with E-state index in [4.69, 9.17) is 0 Å². The lowest BCUT2D eigenvalue weighted by atomic mass is 10.0. The highest BCUT2D eigenvalue weighted by Gasteiger charge is 2.26. The molecule has 1 aliphatic heterocycles. The van der Waals surface area contributed by atoms with Crippen molar-refractivity contribution in [3.8, 4) is 0 Å². The maximum absolute atomic E-state index is 13.8. The van der Waals surface area contributed by atoms with Gasteiger partial charge in [0.1, 0.15) is 6.04 Å². The number of hydrogen-bond acceptors (Lipinski definition) is 3. The number of nitrogens with zero attached hydrogens (tertiary/aromatic N) is 3. The first-order valence-electron chi connectivity index (χ1n) is 10.3. The molecule has 3 aromatic rings. The maximum Gasteiger partial charge on any atom is 0.243 e. The van der Waals surface area contributed by atoms with Gasteiger partial charge in [-0.3, -0.25) is 9.59 Å². The van der Waals surface area contributed by atoms with E-state index >= 15 is 0 Å². The van der Waals surface area contributed by atoms with E-state index in [9.17, 15) is 18.4 Å². The van der Waals surface area contributed by atoms with Gasteiger partial charge in [0.25, 0.3) is 0 Å². The molecule has 0 bridgehead atoms. The molecule has 1 aromatic heterocycles. The van der Waals surface area contributed by atoms with E-state index in [1.807, 2.05) is 38.1 Å². The highest BCUT2D eigenvalue weighted by molar-refractivity contribution is 5.95. The second-order valence-electron chi connectivity index (χ2n) is 8.13. The Balaban J connectivity index is 1.53. The summed E-state index contributed by atoms with van der Waals surface area (Å²) in [6, 6.07) is 8.99. The predicted octanol–water partition coefficient (Wildman–Crippen LogP) is 3.95. The SMILES string of the molecule is CC(C)C(C(=O)NCc1cccc(N2CCCC2=O)c1)n1cnc2cc(F)c(F)cc21. The van der Waals surface area contributed by atoms with Gasteiger partial charge >= 0.3 is 0 Å². The Labute approximate surface area is 178 Å². The van der Waals surface area contributed by atoms with E-state index in [-0.39, 0.29) is 24.3 Å². The average Bonchev–Trinajstić information content (AvgIpc) is 3.33. The lowest BCUT2D eigenvalue weighted by molar-refractivity contribution is -0.125. The number of carbonyl (C=O) groups excluding carboxylic acids is 2. The van der Waals surface area contributed by atoms with Crippen molar-refractivity contribution in [3.63, 3.8) is 0 Å². The third-order valence-electron chi connectivity index (χ3n) is 5.58. The van der Waals surface area contributed by atoms with E-state index in [1.54, 1.807) is 9.47 Å². The van der Waals surface area contributed by atoms with Crippen molar-refractivity contribution in [3.05, 3.63) is 59.9 Å². The van der Waals surface area contributed by atoms with E-state index in [1.165, 1.54) is 6.33 Å². The first-order valence-corrected chi connectivity index (χ1v) is 10.3. The summed E-state index contributed by atoms with van der Waals surface area (Å²) < 4.78 is 28.9. The highest BCUT2D eigenvalue weighted by atomic mass is 19.2. The molecule has 1 saturated heterocycles. The Kier molecular flexibility index (Phi) is 5.71. The molecule has 6 nitrogen and oxygen atoms in total. The molecule has 0 spiro atoms. The Morgan fingerprint density at radius 2 is 1.97 bits per heavy atom. The van der Waals surface area contributed by atoms with Gasteiger partial charge in [0.2, 0.25) is 11.8 Å². The molecule has 1 atom stereocenters. The maximum atomic E-state index is 13.8. The first-order chi connectivity index (χ1) is 14.8. The Bertz CT molecular complexity index is 1140. The molecule has 4 rings (SSSR count). The van der Waals surface area contributed by atoms with Gasteiger partial charge in [-0.25, -0.2) is 13.8 Å². The number of nitrogens with one attached hydrogen (secondary N) is 1. The van der Waals surface area contributed by atoms with Crippen LogP contribution in [0.2, 0.25) is 0 Å². The predicted molar refractivity (Wildman–Crippen MR) is 113 cm³/mol. The summed E-state index contributed by atoms with van der Waals surface area (Å²) >= 11 is 0. The fraction of sp³-hybridized carbons (Fsp3) is 0.348. The number of carbonyl (C=O) groups is 2. The van der Waals surface area contributed by atoms with Gasteiger partial charge in [-0.15, -0.1) is 0 Å². The van der Waals surface area contributed by atoms with Gasteiger partial charge in [-0.2, -0.15) is 0 Å². The van der Waals surface area contributed by atoms with E-state index < -0.39 is 17.7 Å². The lowest BCUT2D eigenvalue weighted by Crippen LogP contribution is -2.35. The normalized spacial score (nSPS) is 15.1. The number of aromatic nitrogens is 2. The Hall–Kier alpha value is -3.29. The summed E-state index contributed by atoms with van der Waals surface area (Å²) in [6.45, 7) is 4.76. The van der Waals surface area contributed by atoms with Crippen molar-refractivity contribution >= 4 is 28.5 Å². The summed E-state index contributed by atoms with van der Waals surface area (Å²) in [5, 5.41) is 2.93. The van der Waals surface area contributed by atoms with E-state index in [2.05, 4.69) is 10.3 Å². The number of hydrogen-bond donors (Lipinski definition) is 1. The molecule has 1 aliphatic rings. The molecule has 2 heterocycles. The molecule has 0 radical (unpaired) electrons. The van der Waals surface area contributed by atoms with Crippen LogP contribution in [0.1, 0.15) is 38.3 Å². The van der Waals surface area contributed by atoms with Crippen LogP contribution in [0.15, 0.2) is 42.7 Å². The van der Waals surface area contributed by atoms with Crippen molar-refractivity contribution in [2.24, 2.45) is 5.92 Å². The van der Waals surface area contributed by atoms with Crippen LogP contribution in [0.3, 0.4) is 0 Å². The van der Waals surface area contributed by atoms with E-state index in [0.717, 1.165) is 29.8 Å². The van der Waals surface area contributed by atoms with Crippen LogP contribution in [0.25, 0.3) is 11.0 Å². The van der Waals surface area contributed by atoms with Crippen molar-refractivity contribution < 1.29 is 18.4 Å². The average molecular weight is 426 g/mol. The van der Waals surface area contributed by atoms with Gasteiger partial charge in [0.15, 0.2) is 11.6 Å². The topological polar surface area (TPSA) is 67.2 Å². The molecule has 2 amide bonds. The fourth-order valence-corrected chi connectivity index (χ4v) is 4.04. The van der Waals surface area contributed by atoms with Crippen molar-refractivity contribution in [1.82, 2.24) is 14.9 Å². The summed E-state index contributed by atoms with van der Waals surface area (Å²) in [5.74, 6) is -2.21. The highest BCUT2D eigenvalue weighted by Crippen LogP contribution is 2.26. The summed E-state index contributed by atoms with van der Waals surface area (Å²) in [6.07, 6.45) is 2.84. The minimum atomic E-state index is -0.981. The minimum absolute atomic E-state index is 0.108. The van der Waals surface area contributed by atoms with Gasteiger partial charge < -0.3 is 14.8 Å². The fourth-order valence-electron chi connectivity index (χ4n) is 4.04. The van der Waals surface area contributed by atoms with E-state index in [0.29, 0.717) is 24.0 Å². The van der Waals surface area contributed by atoms with Gasteiger partial charge in [0.05, 0.1) is 17.4 Å². The van der Waals surface area contributed by atoms with Crippen LogP contribution >= 0.6 is 0 Å². The molecule has 1 unspecified atom stereocenters. The standard InChI is InChI=1S/C23H24F2N4O2/c1-14(2)22(29-13-27-19-10-17(24)18(25)11-20(19)29)23(31)26-12-15-5-3-6-16(9-15)28-8-4-7-21(28)30/h3,5-6,9-11,13-14,22H,4,7-8,12H2,1-2H3,(H,26,31). The Morgan fingerprint density at radius 3 is 2.68 bits per heavy atom. The third kappa shape index (κ3) is 4.15. The number of fused-ring (bicyclic) bond motifs is 1. The quantitative estimate of drug-likeness (QED) is 0.649. The summed E-state index contributed by atoms with van der Waals surface area (Å²) in [5.41, 5.74) is 2.35. The van der Waals surface area contributed by atoms with Crippen molar-refractivity contribution in [2.75, 3.05) is 11.4 Å². The summed E-state index contributed by atoms with van der Waals surface area (Å²) in [7, 11) is 0. The number of benzene rings is 2. The molecular weight excluding hydrogens is 402 g/mol. The largest absolute Gasteiger partial charge is 0.350 e. The Morgan fingerprint density at radius 1 is 1.19 bits per heavy atom. The molecule has 8 heteroatoms. The third-order valence-corrected chi connectivity index (χ3v) is 5.58. The lowest BCUT2D eigenvalue weighted by Gasteiger charge is -2.23. The van der Waals surface area contributed by atoms with Crippen LogP contribution in [0.5, 0.6) is 0 Å². The zero-order chi connectivity index (χ0) is 22.1. The van der Waals surface area contributed by atoms with Crippen LogP contribution in [0.4, 0.5) is 14.5 Å². The number of amides is 2. The van der Waals surface area contributed by atoms with Gasteiger partial charge in [-0.05, 0) is 30.0 Å². The van der Waals surface area contributed by atoms with Crippen molar-refractivity contribution in [1.29, 1.82) is 0 Å².